The standard InChI is InChI=1S/C15H13Cl4NO/c1-2-21-14-7-12(18)11(6-13(14)19)15(20)8-3-9(16)5-10(17)4-8/h3-7,15H,2,20H2,1H3. The van der Waals surface area contributed by atoms with Crippen molar-refractivity contribution in [3.05, 3.63) is 61.5 Å². The van der Waals surface area contributed by atoms with Gasteiger partial charge < -0.3 is 10.5 Å². The van der Waals surface area contributed by atoms with Crippen molar-refractivity contribution >= 4 is 46.4 Å². The van der Waals surface area contributed by atoms with Gasteiger partial charge in [-0.15, -0.1) is 0 Å². The molecule has 2 aromatic carbocycles. The first kappa shape index (κ1) is 16.7. The van der Waals surface area contributed by atoms with E-state index >= 15 is 0 Å². The fourth-order valence-corrected chi connectivity index (χ4v) is 3.02. The number of hydrogen-bond acceptors (Lipinski definition) is 2. The third-order valence-corrected chi connectivity index (χ3v) is 3.99. The van der Waals surface area contributed by atoms with E-state index in [1.807, 2.05) is 6.92 Å². The zero-order valence-corrected chi connectivity index (χ0v) is 14.2. The van der Waals surface area contributed by atoms with Crippen LogP contribution < -0.4 is 10.5 Å². The first-order valence-corrected chi connectivity index (χ1v) is 7.77. The molecular weight excluding hydrogens is 352 g/mol. The lowest BCUT2D eigenvalue weighted by Crippen LogP contribution is -2.12. The third kappa shape index (κ3) is 3.97. The predicted molar refractivity (Wildman–Crippen MR) is 90.1 cm³/mol. The number of benzene rings is 2. The molecule has 0 amide bonds. The van der Waals surface area contributed by atoms with Crippen LogP contribution in [0.5, 0.6) is 5.75 Å². The summed E-state index contributed by atoms with van der Waals surface area (Å²) in [5, 5.41) is 1.97. The molecule has 0 spiro atoms. The molecule has 0 bridgehead atoms. The molecule has 0 fully saturated rings. The summed E-state index contributed by atoms with van der Waals surface area (Å²) < 4.78 is 5.40. The minimum Gasteiger partial charge on any atom is -0.492 e. The predicted octanol–water partition coefficient (Wildman–Crippen LogP) is 5.75. The van der Waals surface area contributed by atoms with Crippen LogP contribution in [0.2, 0.25) is 20.1 Å². The zero-order valence-electron chi connectivity index (χ0n) is 11.2. The molecule has 2 aromatic rings. The smallest absolute Gasteiger partial charge is 0.139 e. The Labute approximate surface area is 143 Å². The summed E-state index contributed by atoms with van der Waals surface area (Å²) in [6.45, 7) is 2.38. The van der Waals surface area contributed by atoms with E-state index < -0.39 is 6.04 Å². The monoisotopic (exact) mass is 363 g/mol. The Morgan fingerprint density at radius 3 is 2.14 bits per heavy atom. The summed E-state index contributed by atoms with van der Waals surface area (Å²) in [6.07, 6.45) is 0. The van der Waals surface area contributed by atoms with E-state index in [-0.39, 0.29) is 0 Å². The normalized spacial score (nSPS) is 12.3. The van der Waals surface area contributed by atoms with Crippen LogP contribution in [0.1, 0.15) is 24.1 Å². The van der Waals surface area contributed by atoms with Gasteiger partial charge in [-0.05, 0) is 42.3 Å². The van der Waals surface area contributed by atoms with Crippen molar-refractivity contribution in [2.45, 2.75) is 13.0 Å². The van der Waals surface area contributed by atoms with Gasteiger partial charge in [-0.1, -0.05) is 46.4 Å². The van der Waals surface area contributed by atoms with Crippen molar-refractivity contribution in [2.24, 2.45) is 5.73 Å². The van der Waals surface area contributed by atoms with Crippen LogP contribution in [0.15, 0.2) is 30.3 Å². The largest absolute Gasteiger partial charge is 0.492 e. The van der Waals surface area contributed by atoms with Gasteiger partial charge in [0.05, 0.1) is 17.7 Å². The molecule has 0 radical (unpaired) electrons. The summed E-state index contributed by atoms with van der Waals surface area (Å²) in [5.41, 5.74) is 7.69. The fourth-order valence-electron chi connectivity index (χ4n) is 1.98. The number of ether oxygens (including phenoxy) is 1. The second-order valence-electron chi connectivity index (χ2n) is 4.42. The second kappa shape index (κ2) is 7.08. The second-order valence-corrected chi connectivity index (χ2v) is 6.10. The Balaban J connectivity index is 2.43. The molecule has 0 aliphatic rings. The van der Waals surface area contributed by atoms with Crippen molar-refractivity contribution < 1.29 is 4.74 Å². The summed E-state index contributed by atoms with van der Waals surface area (Å²) >= 11 is 24.5. The number of rotatable bonds is 4. The van der Waals surface area contributed by atoms with Crippen LogP contribution in [0.25, 0.3) is 0 Å². The van der Waals surface area contributed by atoms with E-state index in [0.29, 0.717) is 38.0 Å². The highest BCUT2D eigenvalue weighted by Crippen LogP contribution is 2.36. The summed E-state index contributed by atoms with van der Waals surface area (Å²) in [6, 6.07) is 8.02. The minimum absolute atomic E-state index is 0.458. The van der Waals surface area contributed by atoms with E-state index in [1.54, 1.807) is 30.3 Å². The fraction of sp³-hybridized carbons (Fsp3) is 0.200. The molecule has 112 valence electrons. The highest BCUT2D eigenvalue weighted by Gasteiger charge is 2.17. The van der Waals surface area contributed by atoms with Gasteiger partial charge in [-0.3, -0.25) is 0 Å². The van der Waals surface area contributed by atoms with Crippen molar-refractivity contribution in [3.8, 4) is 5.75 Å². The molecule has 1 atom stereocenters. The van der Waals surface area contributed by atoms with E-state index in [9.17, 15) is 0 Å². The van der Waals surface area contributed by atoms with Gasteiger partial charge in [0.2, 0.25) is 0 Å². The van der Waals surface area contributed by atoms with Gasteiger partial charge in [0.1, 0.15) is 5.75 Å². The Hall–Kier alpha value is -0.640. The number of hydrogen-bond donors (Lipinski definition) is 1. The van der Waals surface area contributed by atoms with Gasteiger partial charge in [0, 0.05) is 21.1 Å². The summed E-state index contributed by atoms with van der Waals surface area (Å²) in [4.78, 5) is 0. The maximum absolute atomic E-state index is 6.28. The quantitative estimate of drug-likeness (QED) is 0.749. The Kier molecular flexibility index (Phi) is 5.64. The molecule has 2 N–H and O–H groups in total. The molecule has 0 saturated carbocycles. The van der Waals surface area contributed by atoms with Gasteiger partial charge in [0.15, 0.2) is 0 Å². The van der Waals surface area contributed by atoms with Gasteiger partial charge in [0.25, 0.3) is 0 Å². The van der Waals surface area contributed by atoms with Crippen molar-refractivity contribution in [2.75, 3.05) is 6.61 Å². The molecule has 0 aliphatic carbocycles. The minimum atomic E-state index is -0.484. The Bertz CT molecular complexity index is 640. The van der Waals surface area contributed by atoms with Crippen LogP contribution in [0, 0.1) is 0 Å². The third-order valence-electron chi connectivity index (χ3n) is 2.93. The van der Waals surface area contributed by atoms with Crippen LogP contribution in [-0.4, -0.2) is 6.61 Å². The lowest BCUT2D eigenvalue weighted by molar-refractivity contribution is 0.340. The molecule has 0 saturated heterocycles. The Morgan fingerprint density at radius 1 is 0.952 bits per heavy atom. The molecule has 0 aliphatic heterocycles. The van der Waals surface area contributed by atoms with Crippen LogP contribution in [0.4, 0.5) is 0 Å². The molecule has 6 heteroatoms. The highest BCUT2D eigenvalue weighted by molar-refractivity contribution is 6.35. The van der Waals surface area contributed by atoms with Crippen LogP contribution >= 0.6 is 46.4 Å². The zero-order chi connectivity index (χ0) is 15.6. The van der Waals surface area contributed by atoms with Gasteiger partial charge in [-0.2, -0.15) is 0 Å². The molecule has 0 heterocycles. The van der Waals surface area contributed by atoms with E-state index in [1.165, 1.54) is 0 Å². The molecule has 2 rings (SSSR count). The van der Waals surface area contributed by atoms with Crippen molar-refractivity contribution in [1.82, 2.24) is 0 Å². The van der Waals surface area contributed by atoms with Crippen molar-refractivity contribution in [3.63, 3.8) is 0 Å². The average Bonchev–Trinajstić information content (AvgIpc) is 2.41. The highest BCUT2D eigenvalue weighted by atomic mass is 35.5. The molecule has 0 aromatic heterocycles. The first-order chi connectivity index (χ1) is 9.92. The number of halogens is 4. The van der Waals surface area contributed by atoms with E-state index in [0.717, 1.165) is 5.56 Å². The van der Waals surface area contributed by atoms with Crippen molar-refractivity contribution in [1.29, 1.82) is 0 Å². The lowest BCUT2D eigenvalue weighted by atomic mass is 9.99. The van der Waals surface area contributed by atoms with Crippen LogP contribution in [-0.2, 0) is 0 Å². The van der Waals surface area contributed by atoms with E-state index in [4.69, 9.17) is 56.9 Å². The van der Waals surface area contributed by atoms with Gasteiger partial charge >= 0.3 is 0 Å². The summed E-state index contributed by atoms with van der Waals surface area (Å²) in [5.74, 6) is 0.532. The molecular formula is C15H13Cl4NO. The molecule has 21 heavy (non-hydrogen) atoms. The molecule has 1 unspecified atom stereocenters. The summed E-state index contributed by atoms with van der Waals surface area (Å²) in [7, 11) is 0. The first-order valence-electron chi connectivity index (χ1n) is 6.25. The van der Waals surface area contributed by atoms with Gasteiger partial charge in [-0.25, -0.2) is 0 Å². The average molecular weight is 365 g/mol. The maximum Gasteiger partial charge on any atom is 0.139 e. The maximum atomic E-state index is 6.28. The Morgan fingerprint density at radius 2 is 1.57 bits per heavy atom. The van der Waals surface area contributed by atoms with E-state index in [2.05, 4.69) is 0 Å². The molecule has 2 nitrogen and oxygen atoms in total. The topological polar surface area (TPSA) is 35.2 Å². The number of nitrogens with two attached hydrogens (primary N) is 1. The SMILES string of the molecule is CCOc1cc(Cl)c(C(N)c2cc(Cl)cc(Cl)c2)cc1Cl. The lowest BCUT2D eigenvalue weighted by Gasteiger charge is -2.17. The van der Waals surface area contributed by atoms with Crippen LogP contribution in [0.3, 0.4) is 0 Å².